The minimum Gasteiger partial charge on any atom is -0.468 e. The molecule has 2 heterocycles. The molecule has 2 atom stereocenters. The lowest BCUT2D eigenvalue weighted by Gasteiger charge is -2.35. The van der Waals surface area contributed by atoms with E-state index in [1.54, 1.807) is 6.26 Å². The Morgan fingerprint density at radius 2 is 2.13 bits per heavy atom. The van der Waals surface area contributed by atoms with E-state index in [9.17, 15) is 0 Å². The summed E-state index contributed by atoms with van der Waals surface area (Å²) in [4.78, 5) is 2.33. The molecule has 84 valence electrons. The Morgan fingerprint density at radius 1 is 1.40 bits per heavy atom. The Bertz CT molecular complexity index is 279. The summed E-state index contributed by atoms with van der Waals surface area (Å²) in [6, 6.07) is 4.13. The molecular weight excluding hydrogens is 192 g/mol. The molecular formula is C11H18N2O2. The first kappa shape index (κ1) is 10.7. The summed E-state index contributed by atoms with van der Waals surface area (Å²) >= 11 is 0. The maximum Gasteiger partial charge on any atom is 0.122 e. The van der Waals surface area contributed by atoms with E-state index in [2.05, 4.69) is 4.90 Å². The second-order valence-corrected chi connectivity index (χ2v) is 3.97. The molecule has 2 rings (SSSR count). The van der Waals surface area contributed by atoms with Crippen molar-refractivity contribution < 1.29 is 9.15 Å². The van der Waals surface area contributed by atoms with Crippen LogP contribution in [-0.2, 0) is 4.74 Å². The van der Waals surface area contributed by atoms with Gasteiger partial charge in [-0.05, 0) is 19.1 Å². The fourth-order valence-corrected chi connectivity index (χ4v) is 2.09. The summed E-state index contributed by atoms with van der Waals surface area (Å²) < 4.78 is 10.8. The van der Waals surface area contributed by atoms with Crippen LogP contribution in [0.25, 0.3) is 0 Å². The van der Waals surface area contributed by atoms with Crippen molar-refractivity contribution in [3.63, 3.8) is 0 Å². The van der Waals surface area contributed by atoms with Gasteiger partial charge in [-0.2, -0.15) is 0 Å². The van der Waals surface area contributed by atoms with Crippen LogP contribution in [0.4, 0.5) is 0 Å². The zero-order valence-corrected chi connectivity index (χ0v) is 9.06. The SMILES string of the molecule is CC(N)C(c1ccco1)N1CCOCC1. The quantitative estimate of drug-likeness (QED) is 0.808. The smallest absolute Gasteiger partial charge is 0.122 e. The molecule has 4 nitrogen and oxygen atoms in total. The molecule has 1 aromatic heterocycles. The lowest BCUT2D eigenvalue weighted by Crippen LogP contribution is -2.45. The van der Waals surface area contributed by atoms with Crippen molar-refractivity contribution in [1.82, 2.24) is 4.90 Å². The summed E-state index contributed by atoms with van der Waals surface area (Å²) in [6.07, 6.45) is 1.70. The van der Waals surface area contributed by atoms with Gasteiger partial charge >= 0.3 is 0 Å². The van der Waals surface area contributed by atoms with Crippen LogP contribution < -0.4 is 5.73 Å². The molecule has 15 heavy (non-hydrogen) atoms. The van der Waals surface area contributed by atoms with Crippen LogP contribution in [0.2, 0.25) is 0 Å². The van der Waals surface area contributed by atoms with Crippen molar-refractivity contribution in [3.05, 3.63) is 24.2 Å². The number of ether oxygens (including phenoxy) is 1. The Balaban J connectivity index is 2.12. The molecule has 0 amide bonds. The zero-order valence-electron chi connectivity index (χ0n) is 9.06. The summed E-state index contributed by atoms with van der Waals surface area (Å²) in [5.41, 5.74) is 6.02. The average Bonchev–Trinajstić information content (AvgIpc) is 2.72. The van der Waals surface area contributed by atoms with Crippen molar-refractivity contribution in [2.75, 3.05) is 26.3 Å². The van der Waals surface area contributed by atoms with Crippen molar-refractivity contribution in [2.45, 2.75) is 19.0 Å². The standard InChI is InChI=1S/C11H18N2O2/c1-9(12)11(10-3-2-6-15-10)13-4-7-14-8-5-13/h2-3,6,9,11H,4-5,7-8,12H2,1H3. The van der Waals surface area contributed by atoms with Gasteiger partial charge in [0.25, 0.3) is 0 Å². The van der Waals surface area contributed by atoms with Crippen LogP contribution in [-0.4, -0.2) is 37.2 Å². The van der Waals surface area contributed by atoms with E-state index < -0.39 is 0 Å². The van der Waals surface area contributed by atoms with Crippen LogP contribution >= 0.6 is 0 Å². The Morgan fingerprint density at radius 3 is 2.67 bits per heavy atom. The molecule has 2 unspecified atom stereocenters. The number of nitrogens with zero attached hydrogens (tertiary/aromatic N) is 1. The lowest BCUT2D eigenvalue weighted by molar-refractivity contribution is 0.00680. The molecule has 1 aliphatic heterocycles. The molecule has 4 heteroatoms. The van der Waals surface area contributed by atoms with Crippen molar-refractivity contribution in [2.24, 2.45) is 5.73 Å². The number of morpholine rings is 1. The van der Waals surface area contributed by atoms with Crippen LogP contribution in [0.1, 0.15) is 18.7 Å². The van der Waals surface area contributed by atoms with Gasteiger partial charge in [-0.15, -0.1) is 0 Å². The average molecular weight is 210 g/mol. The van der Waals surface area contributed by atoms with E-state index in [0.29, 0.717) is 0 Å². The Kier molecular flexibility index (Phi) is 3.41. The summed E-state index contributed by atoms with van der Waals surface area (Å²) in [6.45, 7) is 5.43. The molecule has 0 bridgehead atoms. The van der Waals surface area contributed by atoms with Crippen LogP contribution in [0.5, 0.6) is 0 Å². The first-order valence-electron chi connectivity index (χ1n) is 5.40. The number of furan rings is 1. The van der Waals surface area contributed by atoms with E-state index in [-0.39, 0.29) is 12.1 Å². The summed E-state index contributed by atoms with van der Waals surface area (Å²) in [7, 11) is 0. The topological polar surface area (TPSA) is 51.6 Å². The highest BCUT2D eigenvalue weighted by Gasteiger charge is 2.27. The van der Waals surface area contributed by atoms with Gasteiger partial charge in [0.15, 0.2) is 0 Å². The highest BCUT2D eigenvalue weighted by molar-refractivity contribution is 5.07. The van der Waals surface area contributed by atoms with Gasteiger partial charge in [0.2, 0.25) is 0 Å². The van der Waals surface area contributed by atoms with Gasteiger partial charge < -0.3 is 14.9 Å². The third-order valence-electron chi connectivity index (χ3n) is 2.77. The molecule has 1 aliphatic rings. The largest absolute Gasteiger partial charge is 0.468 e. The van der Waals surface area contributed by atoms with Crippen LogP contribution in [0.3, 0.4) is 0 Å². The lowest BCUT2D eigenvalue weighted by atomic mass is 10.1. The maximum absolute atomic E-state index is 6.02. The molecule has 0 aromatic carbocycles. The van der Waals surface area contributed by atoms with Gasteiger partial charge in [-0.25, -0.2) is 0 Å². The summed E-state index contributed by atoms with van der Waals surface area (Å²) in [5.74, 6) is 0.951. The van der Waals surface area contributed by atoms with Crippen molar-refractivity contribution in [3.8, 4) is 0 Å². The van der Waals surface area contributed by atoms with Gasteiger partial charge in [-0.1, -0.05) is 0 Å². The molecule has 1 saturated heterocycles. The van der Waals surface area contributed by atoms with E-state index >= 15 is 0 Å². The molecule has 0 spiro atoms. The predicted octanol–water partition coefficient (Wildman–Crippen LogP) is 1.00. The third-order valence-corrected chi connectivity index (χ3v) is 2.77. The molecule has 0 aliphatic carbocycles. The number of rotatable bonds is 3. The number of hydrogen-bond donors (Lipinski definition) is 1. The minimum absolute atomic E-state index is 0.0641. The first-order chi connectivity index (χ1) is 7.29. The predicted molar refractivity (Wildman–Crippen MR) is 57.5 cm³/mol. The number of hydrogen-bond acceptors (Lipinski definition) is 4. The monoisotopic (exact) mass is 210 g/mol. The van der Waals surface area contributed by atoms with Gasteiger partial charge in [0, 0.05) is 19.1 Å². The molecule has 1 fully saturated rings. The van der Waals surface area contributed by atoms with Crippen LogP contribution in [0.15, 0.2) is 22.8 Å². The Hall–Kier alpha value is -0.840. The van der Waals surface area contributed by atoms with Gasteiger partial charge in [0.05, 0.1) is 25.5 Å². The summed E-state index contributed by atoms with van der Waals surface area (Å²) in [5, 5.41) is 0. The van der Waals surface area contributed by atoms with Crippen molar-refractivity contribution in [1.29, 1.82) is 0 Å². The fraction of sp³-hybridized carbons (Fsp3) is 0.636. The molecule has 2 N–H and O–H groups in total. The third kappa shape index (κ3) is 2.40. The second kappa shape index (κ2) is 4.79. The van der Waals surface area contributed by atoms with E-state index in [0.717, 1.165) is 32.1 Å². The number of nitrogens with two attached hydrogens (primary N) is 1. The normalized spacial score (nSPS) is 22.5. The minimum atomic E-state index is 0.0641. The molecule has 0 saturated carbocycles. The zero-order chi connectivity index (χ0) is 10.7. The highest BCUT2D eigenvalue weighted by Crippen LogP contribution is 2.24. The molecule has 0 radical (unpaired) electrons. The van der Waals surface area contributed by atoms with E-state index in [1.807, 2.05) is 19.1 Å². The first-order valence-corrected chi connectivity index (χ1v) is 5.40. The van der Waals surface area contributed by atoms with E-state index in [1.165, 1.54) is 0 Å². The van der Waals surface area contributed by atoms with Gasteiger partial charge in [-0.3, -0.25) is 4.90 Å². The fourth-order valence-electron chi connectivity index (χ4n) is 2.09. The van der Waals surface area contributed by atoms with Gasteiger partial charge in [0.1, 0.15) is 5.76 Å². The second-order valence-electron chi connectivity index (χ2n) is 3.97. The van der Waals surface area contributed by atoms with Crippen LogP contribution in [0, 0.1) is 0 Å². The van der Waals surface area contributed by atoms with E-state index in [4.69, 9.17) is 14.9 Å². The Labute approximate surface area is 90.0 Å². The molecule has 1 aromatic rings. The maximum atomic E-state index is 6.02. The van der Waals surface area contributed by atoms with Crippen molar-refractivity contribution >= 4 is 0 Å². The highest BCUT2D eigenvalue weighted by atomic mass is 16.5.